The van der Waals surface area contributed by atoms with Crippen molar-refractivity contribution in [3.05, 3.63) is 54.2 Å². The van der Waals surface area contributed by atoms with Crippen molar-refractivity contribution < 1.29 is 0 Å². The Bertz CT molecular complexity index is 937. The maximum absolute atomic E-state index is 2.31. The Morgan fingerprint density at radius 1 is 0.810 bits per heavy atom. The first kappa shape index (κ1) is 13.2. The predicted molar refractivity (Wildman–Crippen MR) is 100 cm³/mol. The van der Waals surface area contributed by atoms with Gasteiger partial charge in [-0.25, -0.2) is 0 Å². The normalized spacial score (nSPS) is 17.0. The van der Waals surface area contributed by atoms with E-state index in [-0.39, 0.29) is 0 Å². The molecule has 0 N–H and O–H groups in total. The molecule has 0 aliphatic heterocycles. The SMILES string of the molecule is CC=c1[pH]c2c(c1Cc1c3c([pH]c1=CC)=CC=C3)C=CC=2. The Kier molecular flexibility index (Phi) is 3.18. The second-order valence-electron chi connectivity index (χ2n) is 5.49. The van der Waals surface area contributed by atoms with Gasteiger partial charge in [0.2, 0.25) is 0 Å². The number of hydrogen-bond acceptors (Lipinski definition) is 0. The Balaban J connectivity index is 1.94. The Labute approximate surface area is 127 Å². The molecule has 0 saturated carbocycles. The Hall–Kier alpha value is -1.48. The lowest BCUT2D eigenvalue weighted by Crippen LogP contribution is -2.10. The molecule has 0 saturated heterocycles. The lowest BCUT2D eigenvalue weighted by atomic mass is 10.0. The molecular weight excluding hydrogens is 290 g/mol. The van der Waals surface area contributed by atoms with Gasteiger partial charge in [0.25, 0.3) is 0 Å². The van der Waals surface area contributed by atoms with Crippen LogP contribution in [0.15, 0.2) is 12.2 Å². The maximum Gasteiger partial charge on any atom is 0.000485 e. The zero-order valence-corrected chi connectivity index (χ0v) is 14.3. The van der Waals surface area contributed by atoms with E-state index in [1.807, 2.05) is 0 Å². The average Bonchev–Trinajstić information content (AvgIpc) is 3.21. The van der Waals surface area contributed by atoms with Gasteiger partial charge in [-0.2, -0.15) is 0 Å². The van der Waals surface area contributed by atoms with Gasteiger partial charge in [0.15, 0.2) is 0 Å². The first-order chi connectivity index (χ1) is 10.3. The number of hydrogen-bond donors (Lipinski definition) is 0. The van der Waals surface area contributed by atoms with E-state index in [1.165, 1.54) is 21.0 Å². The largest absolute Gasteiger partial charge is 0.124 e. The summed E-state index contributed by atoms with van der Waals surface area (Å²) in [6, 6.07) is 0. The first-order valence-electron chi connectivity index (χ1n) is 7.43. The fraction of sp³-hybridized carbons (Fsp3) is 0.158. The smallest absolute Gasteiger partial charge is 0.000485 e. The molecule has 0 radical (unpaired) electrons. The van der Waals surface area contributed by atoms with Crippen LogP contribution in [-0.2, 0) is 6.42 Å². The molecule has 21 heavy (non-hydrogen) atoms. The van der Waals surface area contributed by atoms with Gasteiger partial charge in [-0.05, 0) is 55.9 Å². The standard InChI is InChI=1S/C19H18P2/c1-3-16-14(12-7-5-9-18(12)20-16)11-15-13-8-6-10-19(13)21-17(15)4-2/h3-10,20-21H,11H2,1-2H3. The van der Waals surface area contributed by atoms with Crippen molar-refractivity contribution >= 4 is 52.8 Å². The highest BCUT2D eigenvalue weighted by molar-refractivity contribution is 7.28. The second-order valence-corrected chi connectivity index (χ2v) is 8.15. The molecular formula is C19H18P2. The summed E-state index contributed by atoms with van der Waals surface area (Å²) in [5, 5.41) is 0. The lowest BCUT2D eigenvalue weighted by molar-refractivity contribution is 1.18. The highest BCUT2D eigenvalue weighted by Crippen LogP contribution is 2.20. The van der Waals surface area contributed by atoms with Crippen LogP contribution in [0.25, 0.3) is 36.5 Å². The van der Waals surface area contributed by atoms with Crippen molar-refractivity contribution in [3.8, 4) is 0 Å². The summed E-state index contributed by atoms with van der Waals surface area (Å²) in [4.78, 5) is 6.16. The summed E-state index contributed by atoms with van der Waals surface area (Å²) < 4.78 is 0. The molecule has 2 heteroatoms. The van der Waals surface area contributed by atoms with E-state index in [0.717, 1.165) is 22.8 Å². The summed E-state index contributed by atoms with van der Waals surface area (Å²) in [5.74, 6) is 0. The van der Waals surface area contributed by atoms with Crippen molar-refractivity contribution in [1.29, 1.82) is 0 Å². The molecule has 0 spiro atoms. The third-order valence-electron chi connectivity index (χ3n) is 4.40. The number of rotatable bonds is 2. The molecule has 2 aliphatic carbocycles. The Morgan fingerprint density at radius 3 is 1.71 bits per heavy atom. The fourth-order valence-electron chi connectivity index (χ4n) is 3.37. The second kappa shape index (κ2) is 5.06. The minimum Gasteiger partial charge on any atom is -0.124 e. The van der Waals surface area contributed by atoms with E-state index < -0.39 is 0 Å². The van der Waals surface area contributed by atoms with Crippen LogP contribution in [0.5, 0.6) is 0 Å². The molecule has 0 fully saturated rings. The highest BCUT2D eigenvalue weighted by Gasteiger charge is 2.14. The summed E-state index contributed by atoms with van der Waals surface area (Å²) in [6.45, 7) is 4.36. The van der Waals surface area contributed by atoms with Crippen molar-refractivity contribution in [2.24, 2.45) is 0 Å². The quantitative estimate of drug-likeness (QED) is 0.800. The summed E-state index contributed by atoms with van der Waals surface area (Å²) in [6.07, 6.45) is 19.3. The van der Waals surface area contributed by atoms with Gasteiger partial charge in [-0.3, -0.25) is 0 Å². The van der Waals surface area contributed by atoms with Crippen molar-refractivity contribution in [2.45, 2.75) is 20.3 Å². The van der Waals surface area contributed by atoms with E-state index >= 15 is 0 Å². The predicted octanol–water partition coefficient (Wildman–Crippen LogP) is 2.56. The van der Waals surface area contributed by atoms with E-state index in [0.29, 0.717) is 0 Å². The summed E-state index contributed by atoms with van der Waals surface area (Å²) in [7, 11) is 1.69. The highest BCUT2D eigenvalue weighted by atomic mass is 31.0. The molecule has 0 amide bonds. The van der Waals surface area contributed by atoms with E-state index in [1.54, 1.807) is 21.0 Å². The average molecular weight is 308 g/mol. The zero-order valence-electron chi connectivity index (χ0n) is 12.3. The minimum atomic E-state index is 0.845. The first-order valence-corrected chi connectivity index (χ1v) is 9.43. The van der Waals surface area contributed by atoms with Crippen LogP contribution in [0.3, 0.4) is 0 Å². The van der Waals surface area contributed by atoms with Gasteiger partial charge >= 0.3 is 0 Å². The van der Waals surface area contributed by atoms with Crippen LogP contribution >= 0.6 is 16.4 Å². The van der Waals surface area contributed by atoms with E-state index in [4.69, 9.17) is 0 Å². The minimum absolute atomic E-state index is 0.845. The topological polar surface area (TPSA) is 0 Å². The molecule has 0 aromatic carbocycles. The molecule has 104 valence electrons. The van der Waals surface area contributed by atoms with Crippen molar-refractivity contribution in [2.75, 3.05) is 0 Å². The summed E-state index contributed by atoms with van der Waals surface area (Å²) in [5.41, 5.74) is 6.11. The van der Waals surface area contributed by atoms with Gasteiger partial charge in [-0.1, -0.05) is 48.6 Å². The van der Waals surface area contributed by atoms with Crippen LogP contribution in [-0.4, -0.2) is 0 Å². The van der Waals surface area contributed by atoms with Crippen molar-refractivity contribution in [1.82, 2.24) is 0 Å². The molecule has 0 bridgehead atoms. The van der Waals surface area contributed by atoms with Gasteiger partial charge in [-0.15, -0.1) is 16.4 Å². The molecule has 2 aliphatic rings. The molecule has 2 heterocycles. The molecule has 4 rings (SSSR count). The number of fused-ring (bicyclic) bond motifs is 2. The van der Waals surface area contributed by atoms with Gasteiger partial charge in [0.1, 0.15) is 0 Å². The maximum atomic E-state index is 2.31. The van der Waals surface area contributed by atoms with Crippen LogP contribution in [0.1, 0.15) is 36.1 Å². The monoisotopic (exact) mass is 308 g/mol. The van der Waals surface area contributed by atoms with Crippen LogP contribution in [0.4, 0.5) is 0 Å². The van der Waals surface area contributed by atoms with Crippen molar-refractivity contribution in [3.63, 3.8) is 0 Å². The summed E-state index contributed by atoms with van der Waals surface area (Å²) >= 11 is 0. The van der Waals surface area contributed by atoms with E-state index in [2.05, 4.69) is 62.5 Å². The molecule has 0 nitrogen and oxygen atoms in total. The zero-order chi connectivity index (χ0) is 14.4. The third-order valence-corrected chi connectivity index (χ3v) is 7.53. The van der Waals surface area contributed by atoms with Gasteiger partial charge in [0, 0.05) is 6.42 Å². The fourth-order valence-corrected chi connectivity index (χ4v) is 6.08. The van der Waals surface area contributed by atoms with Gasteiger partial charge in [0.05, 0.1) is 0 Å². The molecule has 2 aromatic rings. The van der Waals surface area contributed by atoms with Crippen LogP contribution in [0, 0.1) is 0 Å². The molecule has 2 atom stereocenters. The Morgan fingerprint density at radius 2 is 1.29 bits per heavy atom. The third kappa shape index (κ3) is 1.98. The van der Waals surface area contributed by atoms with Gasteiger partial charge < -0.3 is 0 Å². The lowest BCUT2D eigenvalue weighted by Gasteiger charge is -2.03. The molecule has 2 aromatic heterocycles. The number of allylic oxidation sites excluding steroid dienone is 2. The van der Waals surface area contributed by atoms with Crippen LogP contribution in [0.2, 0.25) is 0 Å². The molecule has 2 unspecified atom stereocenters. The van der Waals surface area contributed by atoms with Crippen LogP contribution < -0.4 is 19.8 Å². The van der Waals surface area contributed by atoms with E-state index in [9.17, 15) is 0 Å².